The summed E-state index contributed by atoms with van der Waals surface area (Å²) in [7, 11) is 1.60. The van der Waals surface area contributed by atoms with Crippen LogP contribution >= 0.6 is 0 Å². The summed E-state index contributed by atoms with van der Waals surface area (Å²) in [4.78, 5) is 1.61. The molecule has 29 heavy (non-hydrogen) atoms. The van der Waals surface area contributed by atoms with Gasteiger partial charge in [-0.1, -0.05) is 42.9 Å². The molecule has 1 unspecified atom stereocenters. The minimum Gasteiger partial charge on any atom is -0.402 e. The molecule has 0 heterocycles. The van der Waals surface area contributed by atoms with Gasteiger partial charge in [0.1, 0.15) is 0 Å². The molecule has 0 fully saturated rings. The summed E-state index contributed by atoms with van der Waals surface area (Å²) in [5, 5.41) is 0. The van der Waals surface area contributed by atoms with E-state index < -0.39 is 29.5 Å². The number of hydrogen-bond acceptors (Lipinski definition) is 2. The zero-order valence-corrected chi connectivity index (χ0v) is 16.8. The van der Waals surface area contributed by atoms with E-state index in [4.69, 9.17) is 5.73 Å². The lowest BCUT2D eigenvalue weighted by molar-refractivity contribution is -0.143. The highest BCUT2D eigenvalue weighted by Crippen LogP contribution is 2.41. The van der Waals surface area contributed by atoms with Crippen LogP contribution in [0.4, 0.5) is 26.3 Å². The van der Waals surface area contributed by atoms with Gasteiger partial charge in [0.25, 0.3) is 0 Å². The second kappa shape index (κ2) is 10.0. The van der Waals surface area contributed by atoms with E-state index in [1.807, 2.05) is 13.0 Å². The Balaban J connectivity index is 3.64. The van der Waals surface area contributed by atoms with E-state index >= 15 is 0 Å². The van der Waals surface area contributed by atoms with E-state index in [1.54, 1.807) is 44.0 Å². The van der Waals surface area contributed by atoms with Crippen LogP contribution in [0.15, 0.2) is 53.8 Å². The summed E-state index contributed by atoms with van der Waals surface area (Å²) in [6.45, 7) is 5.44. The molecule has 0 aromatic heterocycles. The Bertz CT molecular complexity index is 768. The highest BCUT2D eigenvalue weighted by Gasteiger charge is 2.40. The highest BCUT2D eigenvalue weighted by atomic mass is 19.4. The van der Waals surface area contributed by atoms with Crippen molar-refractivity contribution in [1.29, 1.82) is 0 Å². The van der Waals surface area contributed by atoms with Crippen LogP contribution in [0, 0.1) is 0 Å². The van der Waals surface area contributed by atoms with Gasteiger partial charge in [-0.3, -0.25) is 4.90 Å². The normalized spacial score (nSPS) is 15.4. The molecule has 0 amide bonds. The second-order valence-electron chi connectivity index (χ2n) is 6.83. The van der Waals surface area contributed by atoms with Gasteiger partial charge in [-0.2, -0.15) is 26.3 Å². The van der Waals surface area contributed by atoms with Crippen molar-refractivity contribution in [3.8, 4) is 0 Å². The molecule has 0 aliphatic carbocycles. The molecule has 8 heteroatoms. The van der Waals surface area contributed by atoms with E-state index in [9.17, 15) is 26.3 Å². The predicted molar refractivity (Wildman–Crippen MR) is 103 cm³/mol. The maximum atomic E-state index is 13.7. The minimum atomic E-state index is -4.94. The van der Waals surface area contributed by atoms with Crippen LogP contribution in [-0.4, -0.2) is 18.5 Å². The van der Waals surface area contributed by atoms with Crippen molar-refractivity contribution in [2.75, 3.05) is 13.6 Å². The first-order valence-corrected chi connectivity index (χ1v) is 9.03. The van der Waals surface area contributed by atoms with Crippen LogP contribution in [0.5, 0.6) is 0 Å². The van der Waals surface area contributed by atoms with E-state index in [1.165, 1.54) is 0 Å². The van der Waals surface area contributed by atoms with Gasteiger partial charge in [0.2, 0.25) is 0 Å². The SMILES string of the molecule is CC/C=C\C=C(/C)C(c1ccc(C(F)(F)F)cc1C(F)(F)F)N(C)C/C=C(\C)N. The molecule has 2 N–H and O–H groups in total. The Morgan fingerprint density at radius 3 is 2.21 bits per heavy atom. The Kier molecular flexibility index (Phi) is 8.56. The van der Waals surface area contributed by atoms with Crippen molar-refractivity contribution < 1.29 is 26.3 Å². The fourth-order valence-electron chi connectivity index (χ4n) is 2.89. The molecule has 2 nitrogen and oxygen atoms in total. The molecule has 0 aliphatic heterocycles. The van der Waals surface area contributed by atoms with Crippen LogP contribution in [0.25, 0.3) is 0 Å². The van der Waals surface area contributed by atoms with Gasteiger partial charge < -0.3 is 5.73 Å². The quantitative estimate of drug-likeness (QED) is 0.405. The van der Waals surface area contributed by atoms with Crippen LogP contribution in [0.3, 0.4) is 0 Å². The number of nitrogens with zero attached hydrogens (tertiary/aromatic N) is 1. The molecule has 0 spiro atoms. The lowest BCUT2D eigenvalue weighted by Crippen LogP contribution is -2.28. The topological polar surface area (TPSA) is 29.3 Å². The third kappa shape index (κ3) is 7.27. The first kappa shape index (κ1) is 24.8. The molecule has 1 rings (SSSR count). The van der Waals surface area contributed by atoms with Crippen LogP contribution in [0.2, 0.25) is 0 Å². The highest BCUT2D eigenvalue weighted by molar-refractivity contribution is 5.41. The first-order chi connectivity index (χ1) is 13.3. The molecule has 162 valence electrons. The standard InChI is InChI=1S/C21H26F6N2/c1-5-6-7-8-14(2)19(29(4)12-11-15(3)28)17-10-9-16(20(22,23)24)13-18(17)21(25,26)27/h6-11,13,19H,5,12,28H2,1-4H3/b7-6-,14-8+,15-11+. The maximum absolute atomic E-state index is 13.7. The van der Waals surface area contributed by atoms with Gasteiger partial charge in [0, 0.05) is 12.2 Å². The molecule has 1 aromatic carbocycles. The van der Waals surface area contributed by atoms with E-state index in [2.05, 4.69) is 0 Å². The lowest BCUT2D eigenvalue weighted by Gasteiger charge is -2.31. The van der Waals surface area contributed by atoms with Gasteiger partial charge in [-0.05, 0) is 45.0 Å². The fraction of sp³-hybridized carbons (Fsp3) is 0.429. The maximum Gasteiger partial charge on any atom is 0.416 e. The summed E-state index contributed by atoms with van der Waals surface area (Å²) in [6.07, 6.45) is -2.20. The van der Waals surface area contributed by atoms with E-state index in [0.717, 1.165) is 12.5 Å². The van der Waals surface area contributed by atoms with Crippen molar-refractivity contribution in [2.24, 2.45) is 5.73 Å². The lowest BCUT2D eigenvalue weighted by atomic mass is 9.91. The largest absolute Gasteiger partial charge is 0.416 e. The smallest absolute Gasteiger partial charge is 0.402 e. The van der Waals surface area contributed by atoms with Crippen molar-refractivity contribution in [3.63, 3.8) is 0 Å². The number of benzene rings is 1. The molecule has 0 radical (unpaired) electrons. The van der Waals surface area contributed by atoms with Crippen molar-refractivity contribution in [3.05, 3.63) is 70.5 Å². The monoisotopic (exact) mass is 420 g/mol. The van der Waals surface area contributed by atoms with Crippen LogP contribution in [0.1, 0.15) is 49.9 Å². The van der Waals surface area contributed by atoms with Gasteiger partial charge in [-0.15, -0.1) is 0 Å². The third-order valence-corrected chi connectivity index (χ3v) is 4.28. The van der Waals surface area contributed by atoms with Gasteiger partial charge in [0.05, 0.1) is 17.2 Å². The zero-order valence-electron chi connectivity index (χ0n) is 16.8. The molecular formula is C21H26F6N2. The average Bonchev–Trinajstić information content (AvgIpc) is 2.58. The van der Waals surface area contributed by atoms with Crippen molar-refractivity contribution in [2.45, 2.75) is 45.6 Å². The molecule has 0 saturated carbocycles. The molecule has 0 bridgehead atoms. The van der Waals surface area contributed by atoms with Crippen molar-refractivity contribution in [1.82, 2.24) is 4.90 Å². The number of likely N-dealkylation sites (N-methyl/N-ethyl adjacent to an activating group) is 1. The van der Waals surface area contributed by atoms with Crippen LogP contribution in [-0.2, 0) is 12.4 Å². The zero-order chi connectivity index (χ0) is 22.4. The molecular weight excluding hydrogens is 394 g/mol. The number of rotatable bonds is 7. The Morgan fingerprint density at radius 2 is 1.72 bits per heavy atom. The first-order valence-electron chi connectivity index (χ1n) is 9.03. The Labute approximate surface area is 167 Å². The molecule has 1 aromatic rings. The number of allylic oxidation sites excluding steroid dienone is 4. The Morgan fingerprint density at radius 1 is 1.10 bits per heavy atom. The third-order valence-electron chi connectivity index (χ3n) is 4.28. The van der Waals surface area contributed by atoms with E-state index in [-0.39, 0.29) is 18.2 Å². The molecule has 0 aliphatic rings. The summed E-state index contributed by atoms with van der Waals surface area (Å²) < 4.78 is 80.0. The molecule has 0 saturated heterocycles. The second-order valence-corrected chi connectivity index (χ2v) is 6.83. The van der Waals surface area contributed by atoms with Gasteiger partial charge >= 0.3 is 12.4 Å². The summed E-state index contributed by atoms with van der Waals surface area (Å²) >= 11 is 0. The number of halogens is 6. The summed E-state index contributed by atoms with van der Waals surface area (Å²) in [6, 6.07) is 0.887. The minimum absolute atomic E-state index is 0.176. The average molecular weight is 420 g/mol. The van der Waals surface area contributed by atoms with Crippen molar-refractivity contribution >= 4 is 0 Å². The predicted octanol–water partition coefficient (Wildman–Crippen LogP) is 6.47. The van der Waals surface area contributed by atoms with Gasteiger partial charge in [-0.25, -0.2) is 0 Å². The summed E-state index contributed by atoms with van der Waals surface area (Å²) in [5.41, 5.74) is 3.80. The van der Waals surface area contributed by atoms with Gasteiger partial charge in [0.15, 0.2) is 0 Å². The number of nitrogens with two attached hydrogens (primary N) is 1. The Hall–Kier alpha value is -2.22. The number of hydrogen-bond donors (Lipinski definition) is 1. The fourth-order valence-corrected chi connectivity index (χ4v) is 2.89. The molecule has 1 atom stereocenters. The number of alkyl halides is 6. The summed E-state index contributed by atoms with van der Waals surface area (Å²) in [5.74, 6) is 0. The van der Waals surface area contributed by atoms with Crippen LogP contribution < -0.4 is 5.73 Å². The van der Waals surface area contributed by atoms with E-state index in [0.29, 0.717) is 17.3 Å².